The van der Waals surface area contributed by atoms with Crippen molar-refractivity contribution < 1.29 is 13.2 Å². The van der Waals surface area contributed by atoms with Gasteiger partial charge in [0.25, 0.3) is 5.91 Å². The van der Waals surface area contributed by atoms with Gasteiger partial charge in [-0.3, -0.25) is 9.69 Å². The Morgan fingerprint density at radius 3 is 2.43 bits per heavy atom. The molecule has 1 heterocycles. The number of rotatable bonds is 3. The fourth-order valence-corrected chi connectivity index (χ4v) is 5.09. The van der Waals surface area contributed by atoms with Crippen molar-refractivity contribution in [1.82, 2.24) is 4.90 Å². The van der Waals surface area contributed by atoms with E-state index in [0.717, 1.165) is 5.56 Å². The quantitative estimate of drug-likeness (QED) is 0.601. The van der Waals surface area contributed by atoms with Gasteiger partial charge in [0.15, 0.2) is 15.8 Å². The molecule has 0 saturated carbocycles. The number of fused-ring (bicyclic) bond motifs is 1. The third-order valence-electron chi connectivity index (χ3n) is 4.42. The molecule has 0 aromatic heterocycles. The molecule has 1 atom stereocenters. The number of amides is 1. The first-order chi connectivity index (χ1) is 10.5. The first kappa shape index (κ1) is 17.4. The lowest BCUT2D eigenvalue weighted by atomic mass is 9.89. The van der Waals surface area contributed by atoms with Crippen LogP contribution in [-0.4, -0.2) is 45.0 Å². The molecule has 1 aliphatic rings. The van der Waals surface area contributed by atoms with E-state index in [1.54, 1.807) is 6.07 Å². The maximum absolute atomic E-state index is 12.5. The minimum Gasteiger partial charge on any atom is -0.370 e. The molecule has 1 aromatic carbocycles. The normalized spacial score (nSPS) is 22.0. The van der Waals surface area contributed by atoms with Gasteiger partial charge < -0.3 is 11.5 Å². The van der Waals surface area contributed by atoms with Gasteiger partial charge in [-0.1, -0.05) is 13.0 Å². The molecule has 7 nitrogen and oxygen atoms in total. The number of nitrogens with two attached hydrogens (primary N) is 2. The van der Waals surface area contributed by atoms with Crippen LogP contribution in [0.5, 0.6) is 0 Å². The molecule has 1 amide bonds. The first-order valence-electron chi connectivity index (χ1n) is 7.24. The van der Waals surface area contributed by atoms with Crippen molar-refractivity contribution in [2.45, 2.75) is 30.7 Å². The van der Waals surface area contributed by atoms with Crippen LogP contribution in [-0.2, 0) is 21.8 Å². The van der Waals surface area contributed by atoms with E-state index in [1.807, 2.05) is 32.8 Å². The number of carbonyl (C=O) groups is 1. The molecule has 8 heteroatoms. The van der Waals surface area contributed by atoms with Gasteiger partial charge in [-0.05, 0) is 44.6 Å². The predicted octanol–water partition coefficient (Wildman–Crippen LogP) is 0.227. The summed E-state index contributed by atoms with van der Waals surface area (Å²) in [6.45, 7) is 3.78. The molecule has 1 aromatic rings. The van der Waals surface area contributed by atoms with E-state index in [1.165, 1.54) is 6.07 Å². The minimum absolute atomic E-state index is 0.0224. The van der Waals surface area contributed by atoms with Crippen LogP contribution in [0.3, 0.4) is 0 Å². The Labute approximate surface area is 136 Å². The Kier molecular flexibility index (Phi) is 4.25. The van der Waals surface area contributed by atoms with Gasteiger partial charge in [-0.15, -0.1) is 0 Å². The van der Waals surface area contributed by atoms with Gasteiger partial charge in [-0.25, -0.2) is 8.42 Å². The van der Waals surface area contributed by atoms with Crippen LogP contribution < -0.4 is 11.5 Å². The van der Waals surface area contributed by atoms with Crippen molar-refractivity contribution in [1.29, 1.82) is 0 Å². The monoisotopic (exact) mass is 338 g/mol. The van der Waals surface area contributed by atoms with Gasteiger partial charge >= 0.3 is 0 Å². The Hall–Kier alpha value is -1.93. The van der Waals surface area contributed by atoms with E-state index in [0.29, 0.717) is 12.0 Å². The summed E-state index contributed by atoms with van der Waals surface area (Å²) >= 11 is 0. The highest BCUT2D eigenvalue weighted by molar-refractivity contribution is 7.91. The van der Waals surface area contributed by atoms with Crippen molar-refractivity contribution in [3.8, 4) is 0 Å². The Bertz CT molecular complexity index is 795. The summed E-state index contributed by atoms with van der Waals surface area (Å²) in [4.78, 5) is 17.8. The summed E-state index contributed by atoms with van der Waals surface area (Å²) < 4.78 is 25.1. The standard InChI is InChI=1S/C15H22N4O3S/c1-5-9-6-11-12(7-10(9)13(20)18-14(16)17)23(21,22)8-15(11,2)19(3)4/h6-7H,5,8H2,1-4H3,(H4,16,17,18,20). The fourth-order valence-electron chi connectivity index (χ4n) is 2.87. The number of benzene rings is 1. The number of hydrogen-bond acceptors (Lipinski definition) is 4. The molecule has 2 rings (SSSR count). The lowest BCUT2D eigenvalue weighted by molar-refractivity contribution is 0.100. The predicted molar refractivity (Wildman–Crippen MR) is 89.1 cm³/mol. The minimum atomic E-state index is -3.47. The number of sulfone groups is 1. The molecule has 0 fully saturated rings. The van der Waals surface area contributed by atoms with Crippen molar-refractivity contribution in [2.75, 3.05) is 19.8 Å². The summed E-state index contributed by atoms with van der Waals surface area (Å²) in [5.74, 6) is -0.998. The third-order valence-corrected chi connectivity index (χ3v) is 6.37. The van der Waals surface area contributed by atoms with Crippen LogP contribution in [0.15, 0.2) is 22.0 Å². The van der Waals surface area contributed by atoms with E-state index < -0.39 is 21.3 Å². The Balaban J connectivity index is 2.75. The highest BCUT2D eigenvalue weighted by Crippen LogP contribution is 2.42. The van der Waals surface area contributed by atoms with E-state index >= 15 is 0 Å². The molecule has 0 radical (unpaired) electrons. The third kappa shape index (κ3) is 2.84. The first-order valence-corrected chi connectivity index (χ1v) is 8.89. The maximum Gasteiger partial charge on any atom is 0.280 e. The van der Waals surface area contributed by atoms with Gasteiger partial charge in [-0.2, -0.15) is 4.99 Å². The number of guanidine groups is 1. The fraction of sp³-hybridized carbons (Fsp3) is 0.467. The van der Waals surface area contributed by atoms with Crippen LogP contribution in [0.25, 0.3) is 0 Å². The second-order valence-corrected chi connectivity index (χ2v) is 8.09. The largest absolute Gasteiger partial charge is 0.370 e. The van der Waals surface area contributed by atoms with E-state index in [9.17, 15) is 13.2 Å². The highest BCUT2D eigenvalue weighted by Gasteiger charge is 2.46. The van der Waals surface area contributed by atoms with E-state index in [-0.39, 0.29) is 22.2 Å². The molecule has 23 heavy (non-hydrogen) atoms. The molecule has 4 N–H and O–H groups in total. The zero-order valence-electron chi connectivity index (χ0n) is 13.8. The van der Waals surface area contributed by atoms with Gasteiger partial charge in [0.05, 0.1) is 16.2 Å². The Morgan fingerprint density at radius 1 is 1.35 bits per heavy atom. The topological polar surface area (TPSA) is 119 Å². The van der Waals surface area contributed by atoms with Gasteiger partial charge in [0.2, 0.25) is 0 Å². The molecule has 0 aliphatic carbocycles. The lowest BCUT2D eigenvalue weighted by Crippen LogP contribution is -2.40. The zero-order chi connectivity index (χ0) is 17.6. The van der Waals surface area contributed by atoms with Crippen molar-refractivity contribution in [2.24, 2.45) is 16.5 Å². The van der Waals surface area contributed by atoms with Crippen LogP contribution in [0.1, 0.15) is 35.3 Å². The van der Waals surface area contributed by atoms with E-state index in [2.05, 4.69) is 4.99 Å². The van der Waals surface area contributed by atoms with Crippen LogP contribution >= 0.6 is 0 Å². The summed E-state index contributed by atoms with van der Waals surface area (Å²) in [5.41, 5.74) is 11.5. The maximum atomic E-state index is 12.5. The summed E-state index contributed by atoms with van der Waals surface area (Å²) in [6.07, 6.45) is 0.567. The number of nitrogens with zero attached hydrogens (tertiary/aromatic N) is 2. The average molecular weight is 338 g/mol. The van der Waals surface area contributed by atoms with Crippen molar-refractivity contribution in [3.05, 3.63) is 28.8 Å². The smallest absolute Gasteiger partial charge is 0.280 e. The molecule has 1 aliphatic heterocycles. The lowest BCUT2D eigenvalue weighted by Gasteiger charge is -2.32. The number of carbonyl (C=O) groups excluding carboxylic acids is 1. The van der Waals surface area contributed by atoms with Crippen LogP contribution in [0.4, 0.5) is 0 Å². The van der Waals surface area contributed by atoms with Crippen molar-refractivity contribution >= 4 is 21.7 Å². The van der Waals surface area contributed by atoms with Gasteiger partial charge in [0, 0.05) is 5.56 Å². The highest BCUT2D eigenvalue weighted by atomic mass is 32.2. The Morgan fingerprint density at radius 2 is 1.96 bits per heavy atom. The molecule has 0 spiro atoms. The molecule has 126 valence electrons. The van der Waals surface area contributed by atoms with Gasteiger partial charge in [0.1, 0.15) is 0 Å². The second-order valence-electron chi connectivity index (χ2n) is 6.13. The second kappa shape index (κ2) is 5.61. The number of aliphatic imine (C=N–C) groups is 1. The average Bonchev–Trinajstić information content (AvgIpc) is 2.64. The van der Waals surface area contributed by atoms with Crippen molar-refractivity contribution in [3.63, 3.8) is 0 Å². The summed E-state index contributed by atoms with van der Waals surface area (Å²) in [7, 11) is 0.211. The molecular weight excluding hydrogens is 316 g/mol. The summed E-state index contributed by atoms with van der Waals surface area (Å²) in [5, 5.41) is 0. The molecule has 0 saturated heterocycles. The summed E-state index contributed by atoms with van der Waals surface area (Å²) in [6, 6.07) is 3.20. The number of hydrogen-bond donors (Lipinski definition) is 2. The molecule has 0 bridgehead atoms. The van der Waals surface area contributed by atoms with Crippen LogP contribution in [0, 0.1) is 0 Å². The SMILES string of the molecule is CCc1cc2c(cc1C(=O)N=C(N)N)S(=O)(=O)CC2(C)N(C)C. The van der Waals surface area contributed by atoms with E-state index in [4.69, 9.17) is 11.5 Å². The zero-order valence-corrected chi connectivity index (χ0v) is 14.6. The molecule has 1 unspecified atom stereocenters. The number of aryl methyl sites for hydroxylation is 1. The van der Waals surface area contributed by atoms with Crippen LogP contribution in [0.2, 0.25) is 0 Å². The molecular formula is C15H22N4O3S.